The minimum atomic E-state index is -0.973. The number of fused-ring (bicyclic) bond motifs is 1. The lowest BCUT2D eigenvalue weighted by Crippen LogP contribution is -2.24. The van der Waals surface area contributed by atoms with Crippen LogP contribution >= 0.6 is 23.2 Å². The molecule has 0 aliphatic heterocycles. The smallest absolute Gasteiger partial charge is 0.0595 e. The van der Waals surface area contributed by atoms with Crippen LogP contribution in [-0.2, 0) is 10.8 Å². The van der Waals surface area contributed by atoms with Crippen LogP contribution in [0.1, 0.15) is 41.5 Å². The van der Waals surface area contributed by atoms with Crippen molar-refractivity contribution in [1.29, 1.82) is 0 Å². The average Bonchev–Trinajstić information content (AvgIpc) is 2.55. The zero-order valence-electron chi connectivity index (χ0n) is 13.1. The molecule has 2 aromatic carbocycles. The predicted octanol–water partition coefficient (Wildman–Crippen LogP) is 4.92. The Kier molecular flexibility index (Phi) is 5.12. The summed E-state index contributed by atoms with van der Waals surface area (Å²) in [7, 11) is 1.00. The van der Waals surface area contributed by atoms with Crippen LogP contribution in [0.2, 0.25) is 10.0 Å². The molecule has 3 rings (SSSR count). The van der Waals surface area contributed by atoms with Crippen molar-refractivity contribution in [2.24, 2.45) is 0 Å². The van der Waals surface area contributed by atoms with Crippen molar-refractivity contribution in [2.45, 2.75) is 29.7 Å². The molecule has 122 valence electrons. The van der Waals surface area contributed by atoms with Gasteiger partial charge in [0, 0.05) is 33.9 Å². The van der Waals surface area contributed by atoms with Crippen LogP contribution in [0, 0.1) is 0 Å². The van der Waals surface area contributed by atoms with Gasteiger partial charge in [-0.15, -0.1) is 0 Å². The van der Waals surface area contributed by atoms with E-state index in [0.29, 0.717) is 22.0 Å². The molecule has 0 heterocycles. The van der Waals surface area contributed by atoms with Crippen LogP contribution in [0.4, 0.5) is 0 Å². The van der Waals surface area contributed by atoms with Crippen LogP contribution in [-0.4, -0.2) is 17.5 Å². The average molecular weight is 368 g/mol. The highest BCUT2D eigenvalue weighted by Crippen LogP contribution is 2.42. The second-order valence-electron chi connectivity index (χ2n) is 5.89. The van der Waals surface area contributed by atoms with Crippen LogP contribution in [0.5, 0.6) is 0 Å². The Hall–Kier alpha value is -0.870. The Morgan fingerprint density at radius 1 is 1.04 bits per heavy atom. The van der Waals surface area contributed by atoms with E-state index in [-0.39, 0.29) is 0 Å². The molecule has 1 aliphatic carbocycles. The van der Waals surface area contributed by atoms with Gasteiger partial charge in [0.2, 0.25) is 0 Å². The topological polar surface area (TPSA) is 29.1 Å². The van der Waals surface area contributed by atoms with Crippen LogP contribution in [0.15, 0.2) is 41.3 Å². The maximum Gasteiger partial charge on any atom is 0.0595 e. The Labute approximate surface area is 149 Å². The second-order valence-corrected chi connectivity index (χ2v) is 8.08. The molecule has 0 saturated heterocycles. The minimum absolute atomic E-state index is 0.295. The van der Waals surface area contributed by atoms with Crippen molar-refractivity contribution >= 4 is 34.0 Å². The lowest BCUT2D eigenvalue weighted by molar-refractivity contribution is 0.469. The van der Waals surface area contributed by atoms with Crippen LogP contribution in [0.25, 0.3) is 0 Å². The quantitative estimate of drug-likeness (QED) is 0.834. The van der Waals surface area contributed by atoms with E-state index in [1.165, 1.54) is 16.7 Å². The SMILES string of the molecule is CN[C@H]1CC[C@@H](c2ccc(Cl)c(Cl)c2)c2ccc(S(C)=O)cc21. The molecular weight excluding hydrogens is 349 g/mol. The minimum Gasteiger partial charge on any atom is -0.313 e. The molecule has 2 aromatic rings. The summed E-state index contributed by atoms with van der Waals surface area (Å²) in [4.78, 5) is 0.874. The van der Waals surface area contributed by atoms with E-state index in [1.807, 2.05) is 31.3 Å². The summed E-state index contributed by atoms with van der Waals surface area (Å²) in [5.74, 6) is 0.295. The fraction of sp³-hybridized carbons (Fsp3) is 0.333. The van der Waals surface area contributed by atoms with Gasteiger partial charge in [-0.25, -0.2) is 0 Å². The van der Waals surface area contributed by atoms with E-state index < -0.39 is 10.8 Å². The van der Waals surface area contributed by atoms with E-state index >= 15 is 0 Å². The van der Waals surface area contributed by atoms with Gasteiger partial charge in [0.1, 0.15) is 0 Å². The molecular formula is C18H19Cl2NOS. The molecule has 0 radical (unpaired) electrons. The van der Waals surface area contributed by atoms with Gasteiger partial charge in [-0.3, -0.25) is 4.21 Å². The van der Waals surface area contributed by atoms with Crippen molar-refractivity contribution in [3.05, 3.63) is 63.1 Å². The molecule has 1 N–H and O–H groups in total. The maximum atomic E-state index is 11.8. The normalized spacial score (nSPS) is 21.7. The van der Waals surface area contributed by atoms with Crippen molar-refractivity contribution in [3.63, 3.8) is 0 Å². The third-order valence-corrected chi connectivity index (χ3v) is 6.24. The molecule has 0 aromatic heterocycles. The standard InChI is InChI=1S/C18H19Cl2NOS/c1-21-18-8-6-13(11-3-7-16(19)17(20)9-11)14-5-4-12(23(2)22)10-15(14)18/h3-5,7,9-10,13,18,21H,6,8H2,1-2H3/t13-,18-,23?/m0/s1. The fourth-order valence-electron chi connectivity index (χ4n) is 3.37. The second kappa shape index (κ2) is 6.94. The predicted molar refractivity (Wildman–Crippen MR) is 98.1 cm³/mol. The summed E-state index contributed by atoms with van der Waals surface area (Å²) < 4.78 is 11.8. The first-order chi connectivity index (χ1) is 11.0. The highest BCUT2D eigenvalue weighted by Gasteiger charge is 2.28. The van der Waals surface area contributed by atoms with Crippen molar-refractivity contribution in [3.8, 4) is 0 Å². The largest absolute Gasteiger partial charge is 0.313 e. The highest BCUT2D eigenvalue weighted by molar-refractivity contribution is 7.84. The summed E-state index contributed by atoms with van der Waals surface area (Å²) in [6.45, 7) is 0. The monoisotopic (exact) mass is 367 g/mol. The van der Waals surface area contributed by atoms with Gasteiger partial charge in [-0.2, -0.15) is 0 Å². The molecule has 1 unspecified atom stereocenters. The summed E-state index contributed by atoms with van der Waals surface area (Å²) in [5, 5.41) is 4.54. The van der Waals surface area contributed by atoms with Gasteiger partial charge in [0.15, 0.2) is 0 Å². The molecule has 0 fully saturated rings. The lowest BCUT2D eigenvalue weighted by atomic mass is 9.77. The number of halogens is 2. The van der Waals surface area contributed by atoms with Crippen LogP contribution < -0.4 is 5.32 Å². The number of benzene rings is 2. The molecule has 0 bridgehead atoms. The fourth-order valence-corrected chi connectivity index (χ4v) is 4.23. The first-order valence-electron chi connectivity index (χ1n) is 7.60. The van der Waals surface area contributed by atoms with Gasteiger partial charge >= 0.3 is 0 Å². The lowest BCUT2D eigenvalue weighted by Gasteiger charge is -2.32. The number of nitrogens with one attached hydrogen (secondary N) is 1. The van der Waals surface area contributed by atoms with Gasteiger partial charge in [-0.1, -0.05) is 35.3 Å². The molecule has 0 spiro atoms. The van der Waals surface area contributed by atoms with Gasteiger partial charge in [-0.05, 0) is 60.8 Å². The van der Waals surface area contributed by atoms with E-state index in [1.54, 1.807) is 6.26 Å². The zero-order valence-corrected chi connectivity index (χ0v) is 15.4. The molecule has 2 nitrogen and oxygen atoms in total. The van der Waals surface area contributed by atoms with Crippen molar-refractivity contribution < 1.29 is 4.21 Å². The number of hydrogen-bond donors (Lipinski definition) is 1. The third kappa shape index (κ3) is 3.34. The van der Waals surface area contributed by atoms with E-state index in [0.717, 1.165) is 17.7 Å². The summed E-state index contributed by atoms with van der Waals surface area (Å²) in [6, 6.07) is 12.3. The number of rotatable bonds is 3. The Morgan fingerprint density at radius 2 is 1.83 bits per heavy atom. The summed E-state index contributed by atoms with van der Waals surface area (Å²) in [5.41, 5.74) is 3.70. The van der Waals surface area contributed by atoms with Gasteiger partial charge in [0.25, 0.3) is 0 Å². The Morgan fingerprint density at radius 3 is 2.48 bits per heavy atom. The van der Waals surface area contributed by atoms with Crippen molar-refractivity contribution in [2.75, 3.05) is 13.3 Å². The van der Waals surface area contributed by atoms with E-state index in [9.17, 15) is 4.21 Å². The zero-order chi connectivity index (χ0) is 16.6. The van der Waals surface area contributed by atoms with Gasteiger partial charge < -0.3 is 5.32 Å². The van der Waals surface area contributed by atoms with Gasteiger partial charge in [0.05, 0.1) is 10.0 Å². The van der Waals surface area contributed by atoms with Crippen molar-refractivity contribution in [1.82, 2.24) is 5.32 Å². The third-order valence-electron chi connectivity index (χ3n) is 4.58. The Balaban J connectivity index is 2.08. The number of hydrogen-bond acceptors (Lipinski definition) is 2. The maximum absolute atomic E-state index is 11.8. The Bertz CT molecular complexity index is 763. The molecule has 23 heavy (non-hydrogen) atoms. The summed E-state index contributed by atoms with van der Waals surface area (Å²) in [6.07, 6.45) is 3.80. The van der Waals surface area contributed by atoms with E-state index in [2.05, 4.69) is 17.4 Å². The highest BCUT2D eigenvalue weighted by atomic mass is 35.5. The molecule has 3 atom stereocenters. The molecule has 5 heteroatoms. The molecule has 0 saturated carbocycles. The first kappa shape index (κ1) is 17.0. The molecule has 1 aliphatic rings. The first-order valence-corrected chi connectivity index (χ1v) is 9.92. The molecule has 0 amide bonds. The summed E-state index contributed by atoms with van der Waals surface area (Å²) >= 11 is 12.2. The van der Waals surface area contributed by atoms with E-state index in [4.69, 9.17) is 23.2 Å². The van der Waals surface area contributed by atoms with Crippen LogP contribution in [0.3, 0.4) is 0 Å².